The van der Waals surface area contributed by atoms with Crippen molar-refractivity contribution < 1.29 is 13.2 Å². The van der Waals surface area contributed by atoms with Crippen molar-refractivity contribution in [3.8, 4) is 0 Å². The molecule has 0 atom stereocenters. The first-order valence-electron chi connectivity index (χ1n) is 6.58. The Labute approximate surface area is 123 Å². The fraction of sp³-hybridized carbons (Fsp3) is 0.462. The van der Waals surface area contributed by atoms with Gasteiger partial charge < -0.3 is 5.32 Å². The van der Waals surface area contributed by atoms with E-state index < -0.39 is 10.0 Å². The minimum Gasteiger partial charge on any atom is -0.325 e. The summed E-state index contributed by atoms with van der Waals surface area (Å²) in [6, 6.07) is 4.93. The predicted octanol–water partition coefficient (Wildman–Crippen LogP) is 2.23. The third-order valence-electron chi connectivity index (χ3n) is 3.55. The first-order chi connectivity index (χ1) is 9.47. The molecule has 0 spiro atoms. The number of nitrogens with one attached hydrogen (secondary N) is 1. The van der Waals surface area contributed by atoms with Crippen molar-refractivity contribution in [3.05, 3.63) is 23.2 Å². The highest BCUT2D eigenvalue weighted by atomic mass is 35.5. The molecule has 0 aromatic heterocycles. The van der Waals surface area contributed by atoms with Crippen LogP contribution >= 0.6 is 11.6 Å². The Morgan fingerprint density at radius 3 is 2.65 bits per heavy atom. The van der Waals surface area contributed by atoms with Gasteiger partial charge in [-0.3, -0.25) is 9.10 Å². The number of rotatable bonds is 3. The maximum absolute atomic E-state index is 11.8. The molecule has 1 aromatic carbocycles. The van der Waals surface area contributed by atoms with Crippen LogP contribution in [-0.2, 0) is 14.8 Å². The summed E-state index contributed by atoms with van der Waals surface area (Å²) < 4.78 is 25.1. The molecule has 1 amide bonds. The highest BCUT2D eigenvalue weighted by Crippen LogP contribution is 2.34. The van der Waals surface area contributed by atoms with E-state index in [1.54, 1.807) is 18.2 Å². The second-order valence-electron chi connectivity index (χ2n) is 5.17. The van der Waals surface area contributed by atoms with E-state index in [1.165, 1.54) is 4.31 Å². The van der Waals surface area contributed by atoms with E-state index in [0.29, 0.717) is 29.4 Å². The standard InChI is InChI=1S/C13H15ClN2O3S/c14-11-8-10(16-6-1-7-20(16,18)19)4-5-12(11)15-13(17)9-2-3-9/h4-5,8-9H,1-3,6-7H2,(H,15,17). The Bertz CT molecular complexity index is 656. The van der Waals surface area contributed by atoms with E-state index in [0.717, 1.165) is 12.8 Å². The monoisotopic (exact) mass is 314 g/mol. The van der Waals surface area contributed by atoms with Crippen LogP contribution < -0.4 is 9.62 Å². The molecule has 1 N–H and O–H groups in total. The molecule has 0 bridgehead atoms. The number of nitrogens with zero attached hydrogens (tertiary/aromatic N) is 1. The lowest BCUT2D eigenvalue weighted by Gasteiger charge is -2.18. The fourth-order valence-corrected chi connectivity index (χ4v) is 4.05. The van der Waals surface area contributed by atoms with Gasteiger partial charge in [0.25, 0.3) is 0 Å². The summed E-state index contributed by atoms with van der Waals surface area (Å²) >= 11 is 6.13. The van der Waals surface area contributed by atoms with E-state index in [1.807, 2.05) is 0 Å². The van der Waals surface area contributed by atoms with Crippen LogP contribution in [0.4, 0.5) is 11.4 Å². The van der Waals surface area contributed by atoms with Gasteiger partial charge in [0, 0.05) is 12.5 Å². The summed E-state index contributed by atoms with van der Waals surface area (Å²) in [7, 11) is -3.21. The Morgan fingerprint density at radius 2 is 2.10 bits per heavy atom. The minimum absolute atomic E-state index is 0.0200. The second-order valence-corrected chi connectivity index (χ2v) is 7.59. The van der Waals surface area contributed by atoms with Crippen molar-refractivity contribution in [1.82, 2.24) is 0 Å². The van der Waals surface area contributed by atoms with E-state index in [9.17, 15) is 13.2 Å². The average Bonchev–Trinajstić information content (AvgIpc) is 3.16. The summed E-state index contributed by atoms with van der Waals surface area (Å²) in [6.07, 6.45) is 2.47. The van der Waals surface area contributed by atoms with Crippen molar-refractivity contribution in [2.24, 2.45) is 5.92 Å². The molecule has 1 aliphatic carbocycles. The maximum atomic E-state index is 11.8. The Balaban J connectivity index is 1.82. The molecule has 1 heterocycles. The topological polar surface area (TPSA) is 66.5 Å². The van der Waals surface area contributed by atoms with Gasteiger partial charge in [-0.05, 0) is 37.5 Å². The van der Waals surface area contributed by atoms with Crippen LogP contribution in [0.3, 0.4) is 0 Å². The second kappa shape index (κ2) is 4.93. The molecule has 1 saturated heterocycles. The van der Waals surface area contributed by atoms with Crippen LogP contribution in [0.25, 0.3) is 0 Å². The molecule has 7 heteroatoms. The summed E-state index contributed by atoms with van der Waals surface area (Å²) in [6.45, 7) is 0.479. The molecule has 5 nitrogen and oxygen atoms in total. The first kappa shape index (κ1) is 13.7. The summed E-state index contributed by atoms with van der Waals surface area (Å²) in [5.41, 5.74) is 1.08. The highest BCUT2D eigenvalue weighted by Gasteiger charge is 2.31. The van der Waals surface area contributed by atoms with Crippen LogP contribution in [-0.4, -0.2) is 26.6 Å². The Morgan fingerprint density at radius 1 is 1.35 bits per heavy atom. The molecular formula is C13H15ClN2O3S. The Hall–Kier alpha value is -1.27. The molecule has 0 unspecified atom stereocenters. The zero-order valence-corrected chi connectivity index (χ0v) is 12.4. The highest BCUT2D eigenvalue weighted by molar-refractivity contribution is 7.93. The molecule has 20 heavy (non-hydrogen) atoms. The number of carbonyl (C=O) groups is 1. The number of benzene rings is 1. The maximum Gasteiger partial charge on any atom is 0.235 e. The molecule has 1 aromatic rings. The number of carbonyl (C=O) groups excluding carboxylic acids is 1. The smallest absolute Gasteiger partial charge is 0.235 e. The van der Waals surface area contributed by atoms with Gasteiger partial charge in [-0.25, -0.2) is 8.42 Å². The van der Waals surface area contributed by atoms with Crippen LogP contribution in [0.5, 0.6) is 0 Å². The normalized spacial score (nSPS) is 20.9. The lowest BCUT2D eigenvalue weighted by atomic mass is 10.2. The number of amides is 1. The van der Waals surface area contributed by atoms with Crippen molar-refractivity contribution in [2.75, 3.05) is 21.9 Å². The molecule has 1 aliphatic heterocycles. The van der Waals surface area contributed by atoms with Crippen molar-refractivity contribution in [1.29, 1.82) is 0 Å². The zero-order chi connectivity index (χ0) is 14.3. The van der Waals surface area contributed by atoms with Gasteiger partial charge in [-0.2, -0.15) is 0 Å². The van der Waals surface area contributed by atoms with Crippen molar-refractivity contribution in [2.45, 2.75) is 19.3 Å². The number of hydrogen-bond acceptors (Lipinski definition) is 3. The van der Waals surface area contributed by atoms with Gasteiger partial charge in [0.2, 0.25) is 15.9 Å². The molecule has 1 saturated carbocycles. The SMILES string of the molecule is O=C(Nc1ccc(N2CCCS2(=O)=O)cc1Cl)C1CC1. The third kappa shape index (κ3) is 2.62. The number of halogens is 1. The fourth-order valence-electron chi connectivity index (χ4n) is 2.27. The van der Waals surface area contributed by atoms with Crippen molar-refractivity contribution in [3.63, 3.8) is 0 Å². The molecule has 0 radical (unpaired) electrons. The van der Waals surface area contributed by atoms with Crippen LogP contribution in [0, 0.1) is 5.92 Å². The van der Waals surface area contributed by atoms with Gasteiger partial charge in [0.05, 0.1) is 22.2 Å². The summed E-state index contributed by atoms with van der Waals surface area (Å²) in [5, 5.41) is 3.13. The van der Waals surface area contributed by atoms with Gasteiger partial charge in [-0.15, -0.1) is 0 Å². The van der Waals surface area contributed by atoms with Crippen LogP contribution in [0.1, 0.15) is 19.3 Å². The molecule has 108 valence electrons. The summed E-state index contributed by atoms with van der Waals surface area (Å²) in [4.78, 5) is 11.7. The average molecular weight is 315 g/mol. The van der Waals surface area contributed by atoms with E-state index >= 15 is 0 Å². The van der Waals surface area contributed by atoms with Gasteiger partial charge >= 0.3 is 0 Å². The van der Waals surface area contributed by atoms with Gasteiger partial charge in [0.15, 0.2) is 0 Å². The van der Waals surface area contributed by atoms with Crippen LogP contribution in [0.2, 0.25) is 5.02 Å². The van der Waals surface area contributed by atoms with Gasteiger partial charge in [0.1, 0.15) is 0 Å². The zero-order valence-electron chi connectivity index (χ0n) is 10.8. The Kier molecular flexibility index (Phi) is 3.38. The number of hydrogen-bond donors (Lipinski definition) is 1. The quantitative estimate of drug-likeness (QED) is 0.930. The van der Waals surface area contributed by atoms with E-state index in [-0.39, 0.29) is 17.6 Å². The van der Waals surface area contributed by atoms with E-state index in [2.05, 4.69) is 5.32 Å². The first-order valence-corrected chi connectivity index (χ1v) is 8.57. The van der Waals surface area contributed by atoms with Crippen molar-refractivity contribution >= 4 is 38.9 Å². The summed E-state index contributed by atoms with van der Waals surface area (Å²) in [5.74, 6) is 0.253. The van der Waals surface area contributed by atoms with Crippen LogP contribution in [0.15, 0.2) is 18.2 Å². The van der Waals surface area contributed by atoms with E-state index in [4.69, 9.17) is 11.6 Å². The molecule has 2 fully saturated rings. The lowest BCUT2D eigenvalue weighted by Crippen LogP contribution is -2.25. The number of anilines is 2. The van der Waals surface area contributed by atoms with Gasteiger partial charge in [-0.1, -0.05) is 11.6 Å². The lowest BCUT2D eigenvalue weighted by molar-refractivity contribution is -0.117. The predicted molar refractivity (Wildman–Crippen MR) is 78.6 cm³/mol. The largest absolute Gasteiger partial charge is 0.325 e. The third-order valence-corrected chi connectivity index (χ3v) is 5.73. The molecule has 2 aliphatic rings. The molecular weight excluding hydrogens is 300 g/mol. The molecule has 3 rings (SSSR count). The minimum atomic E-state index is -3.21. The number of sulfonamides is 1.